The van der Waals surface area contributed by atoms with Crippen molar-refractivity contribution < 1.29 is 4.39 Å². The molecule has 0 fully saturated rings. The second-order valence-corrected chi connectivity index (χ2v) is 5.48. The maximum atomic E-state index is 14.1. The molecular weight excluding hydrogens is 265 g/mol. The summed E-state index contributed by atoms with van der Waals surface area (Å²) in [6.45, 7) is 5.36. The van der Waals surface area contributed by atoms with Crippen molar-refractivity contribution in [1.29, 1.82) is 0 Å². The van der Waals surface area contributed by atoms with Crippen molar-refractivity contribution >= 4 is 5.69 Å². The Kier molecular flexibility index (Phi) is 5.28. The molecule has 0 bridgehead atoms. The Morgan fingerprint density at radius 1 is 1.19 bits per heavy atom. The Balaban J connectivity index is 2.19. The average molecular weight is 287 g/mol. The van der Waals surface area contributed by atoms with Crippen LogP contribution in [0.3, 0.4) is 0 Å². The number of anilines is 1. The van der Waals surface area contributed by atoms with Crippen LogP contribution in [-0.4, -0.2) is 18.1 Å². The molecule has 0 unspecified atom stereocenters. The molecule has 0 aliphatic carbocycles. The molecule has 1 aromatic heterocycles. The summed E-state index contributed by atoms with van der Waals surface area (Å²) < 4.78 is 14.1. The molecule has 112 valence electrons. The highest BCUT2D eigenvalue weighted by molar-refractivity contribution is 5.54. The summed E-state index contributed by atoms with van der Waals surface area (Å²) in [7, 11) is 1.98. The summed E-state index contributed by atoms with van der Waals surface area (Å²) in [6, 6.07) is 9.50. The molecule has 0 radical (unpaired) electrons. The van der Waals surface area contributed by atoms with E-state index in [0.29, 0.717) is 18.2 Å². The third-order valence-electron chi connectivity index (χ3n) is 3.36. The standard InChI is InChI=1S/C17H22FN3/c1-13(2)20-11-15-16(18)5-4-6-17(15)21(3)12-14-7-9-19-10-8-14/h4-10,13,20H,11-12H2,1-3H3. The molecule has 0 amide bonds. The fourth-order valence-electron chi connectivity index (χ4n) is 2.23. The van der Waals surface area contributed by atoms with Gasteiger partial charge in [0, 0.05) is 49.8 Å². The van der Waals surface area contributed by atoms with E-state index in [1.54, 1.807) is 18.5 Å². The molecule has 3 nitrogen and oxygen atoms in total. The van der Waals surface area contributed by atoms with Crippen LogP contribution in [0.4, 0.5) is 10.1 Å². The van der Waals surface area contributed by atoms with Gasteiger partial charge in [0.15, 0.2) is 0 Å². The zero-order valence-corrected chi connectivity index (χ0v) is 12.8. The topological polar surface area (TPSA) is 28.2 Å². The SMILES string of the molecule is CC(C)NCc1c(F)cccc1N(C)Cc1ccncc1. The highest BCUT2D eigenvalue weighted by atomic mass is 19.1. The lowest BCUT2D eigenvalue weighted by Crippen LogP contribution is -2.25. The summed E-state index contributed by atoms with van der Waals surface area (Å²) in [4.78, 5) is 6.08. The van der Waals surface area contributed by atoms with Crippen molar-refractivity contribution in [3.8, 4) is 0 Å². The zero-order chi connectivity index (χ0) is 15.2. The van der Waals surface area contributed by atoms with E-state index in [1.807, 2.05) is 25.2 Å². The van der Waals surface area contributed by atoms with Crippen molar-refractivity contribution in [3.63, 3.8) is 0 Å². The quantitative estimate of drug-likeness (QED) is 0.883. The van der Waals surface area contributed by atoms with Crippen LogP contribution in [0.15, 0.2) is 42.7 Å². The summed E-state index contributed by atoms with van der Waals surface area (Å²) >= 11 is 0. The van der Waals surface area contributed by atoms with Crippen LogP contribution in [0.25, 0.3) is 0 Å². The van der Waals surface area contributed by atoms with Gasteiger partial charge in [0.1, 0.15) is 5.82 Å². The van der Waals surface area contributed by atoms with E-state index in [9.17, 15) is 4.39 Å². The minimum Gasteiger partial charge on any atom is -0.370 e. The van der Waals surface area contributed by atoms with Crippen LogP contribution >= 0.6 is 0 Å². The number of nitrogens with zero attached hydrogens (tertiary/aromatic N) is 2. The van der Waals surface area contributed by atoms with Crippen molar-refractivity contribution in [2.45, 2.75) is 33.0 Å². The second kappa shape index (κ2) is 7.18. The smallest absolute Gasteiger partial charge is 0.129 e. The third-order valence-corrected chi connectivity index (χ3v) is 3.36. The molecule has 1 aromatic carbocycles. The van der Waals surface area contributed by atoms with E-state index in [0.717, 1.165) is 17.8 Å². The average Bonchev–Trinajstić information content (AvgIpc) is 2.46. The Bertz CT molecular complexity index is 570. The van der Waals surface area contributed by atoms with Crippen LogP contribution in [-0.2, 0) is 13.1 Å². The molecule has 21 heavy (non-hydrogen) atoms. The van der Waals surface area contributed by atoms with Crippen molar-refractivity contribution in [3.05, 3.63) is 59.7 Å². The van der Waals surface area contributed by atoms with Gasteiger partial charge in [-0.05, 0) is 29.8 Å². The lowest BCUT2D eigenvalue weighted by atomic mass is 10.1. The van der Waals surface area contributed by atoms with Gasteiger partial charge < -0.3 is 10.2 Å². The predicted octanol–water partition coefficient (Wildman–Crippen LogP) is 3.36. The van der Waals surface area contributed by atoms with Crippen LogP contribution < -0.4 is 10.2 Å². The van der Waals surface area contributed by atoms with Gasteiger partial charge in [0.2, 0.25) is 0 Å². The molecule has 0 saturated carbocycles. The number of nitrogens with one attached hydrogen (secondary N) is 1. The Hall–Kier alpha value is -1.94. The lowest BCUT2D eigenvalue weighted by molar-refractivity contribution is 0.552. The van der Waals surface area contributed by atoms with Crippen molar-refractivity contribution in [2.24, 2.45) is 0 Å². The highest BCUT2D eigenvalue weighted by Crippen LogP contribution is 2.23. The van der Waals surface area contributed by atoms with Crippen molar-refractivity contribution in [1.82, 2.24) is 10.3 Å². The van der Waals surface area contributed by atoms with Crippen LogP contribution in [0, 0.1) is 5.82 Å². The van der Waals surface area contributed by atoms with Gasteiger partial charge in [-0.2, -0.15) is 0 Å². The summed E-state index contributed by atoms with van der Waals surface area (Å²) in [5.41, 5.74) is 2.78. The molecule has 2 rings (SSSR count). The van der Waals surface area contributed by atoms with Gasteiger partial charge in [-0.25, -0.2) is 4.39 Å². The van der Waals surface area contributed by atoms with E-state index >= 15 is 0 Å². The van der Waals surface area contributed by atoms with E-state index in [4.69, 9.17) is 0 Å². The number of hydrogen-bond donors (Lipinski definition) is 1. The Morgan fingerprint density at radius 3 is 2.57 bits per heavy atom. The molecule has 0 aliphatic heterocycles. The van der Waals surface area contributed by atoms with E-state index in [2.05, 4.69) is 29.0 Å². The maximum Gasteiger partial charge on any atom is 0.129 e. The number of halogens is 1. The second-order valence-electron chi connectivity index (χ2n) is 5.48. The Labute approximate surface area is 125 Å². The molecule has 0 saturated heterocycles. The predicted molar refractivity (Wildman–Crippen MR) is 84.7 cm³/mol. The number of aromatic nitrogens is 1. The molecule has 0 spiro atoms. The first kappa shape index (κ1) is 15.4. The molecule has 4 heteroatoms. The number of hydrogen-bond acceptors (Lipinski definition) is 3. The van der Waals surface area contributed by atoms with Gasteiger partial charge in [-0.3, -0.25) is 4.98 Å². The van der Waals surface area contributed by atoms with Crippen LogP contribution in [0.2, 0.25) is 0 Å². The molecule has 0 aliphatic rings. The number of pyridine rings is 1. The lowest BCUT2D eigenvalue weighted by Gasteiger charge is -2.23. The van der Waals surface area contributed by atoms with E-state index in [1.165, 1.54) is 6.07 Å². The minimum absolute atomic E-state index is 0.165. The van der Waals surface area contributed by atoms with Gasteiger partial charge >= 0.3 is 0 Å². The molecule has 1 N–H and O–H groups in total. The maximum absolute atomic E-state index is 14.1. The molecule has 0 atom stereocenters. The van der Waals surface area contributed by atoms with Gasteiger partial charge in [-0.15, -0.1) is 0 Å². The molecule has 2 aromatic rings. The molecule has 1 heterocycles. The minimum atomic E-state index is -0.165. The van der Waals surface area contributed by atoms with Crippen LogP contribution in [0.1, 0.15) is 25.0 Å². The first-order valence-corrected chi connectivity index (χ1v) is 7.18. The van der Waals surface area contributed by atoms with Crippen LogP contribution in [0.5, 0.6) is 0 Å². The van der Waals surface area contributed by atoms with E-state index < -0.39 is 0 Å². The van der Waals surface area contributed by atoms with Gasteiger partial charge in [0.25, 0.3) is 0 Å². The highest BCUT2D eigenvalue weighted by Gasteiger charge is 2.12. The first-order chi connectivity index (χ1) is 10.1. The third kappa shape index (κ3) is 4.26. The Morgan fingerprint density at radius 2 is 1.90 bits per heavy atom. The number of benzene rings is 1. The first-order valence-electron chi connectivity index (χ1n) is 7.18. The summed E-state index contributed by atoms with van der Waals surface area (Å²) in [5, 5.41) is 3.29. The monoisotopic (exact) mass is 287 g/mol. The molecular formula is C17H22FN3. The largest absolute Gasteiger partial charge is 0.370 e. The fraction of sp³-hybridized carbons (Fsp3) is 0.353. The summed E-state index contributed by atoms with van der Waals surface area (Å²) in [6.07, 6.45) is 3.55. The zero-order valence-electron chi connectivity index (χ0n) is 12.8. The van der Waals surface area contributed by atoms with Gasteiger partial charge in [0.05, 0.1) is 0 Å². The summed E-state index contributed by atoms with van der Waals surface area (Å²) in [5.74, 6) is -0.165. The number of rotatable bonds is 6. The van der Waals surface area contributed by atoms with Crippen molar-refractivity contribution in [2.75, 3.05) is 11.9 Å². The van der Waals surface area contributed by atoms with E-state index in [-0.39, 0.29) is 5.82 Å². The van der Waals surface area contributed by atoms with Gasteiger partial charge in [-0.1, -0.05) is 19.9 Å². The fourth-order valence-corrected chi connectivity index (χ4v) is 2.23. The normalized spacial score (nSPS) is 10.9.